The number of likely N-dealkylation sites (tertiary alicyclic amines) is 1. The van der Waals surface area contributed by atoms with Crippen LogP contribution in [0, 0.1) is 0 Å². The molecule has 3 heterocycles. The molecule has 2 amide bonds. The number of thiophene rings is 1. The molecule has 1 atom stereocenters. The van der Waals surface area contributed by atoms with Crippen molar-refractivity contribution < 1.29 is 9.59 Å². The molecule has 0 aliphatic carbocycles. The molecule has 1 N–H and O–H groups in total. The van der Waals surface area contributed by atoms with E-state index in [4.69, 9.17) is 0 Å². The number of amides is 2. The normalized spacial score (nSPS) is 20.7. The number of nitrogens with one attached hydrogen (secondary N) is 1. The largest absolute Gasteiger partial charge is 0.338 e. The summed E-state index contributed by atoms with van der Waals surface area (Å²) in [6.07, 6.45) is 3.75. The molecule has 1 aromatic rings. The van der Waals surface area contributed by atoms with Crippen molar-refractivity contribution in [3.8, 4) is 0 Å². The Morgan fingerprint density at radius 2 is 2.13 bits per heavy atom. The zero-order chi connectivity index (χ0) is 16.2. The van der Waals surface area contributed by atoms with Crippen LogP contribution in [0.3, 0.4) is 0 Å². The molecule has 1 saturated heterocycles. The Morgan fingerprint density at radius 1 is 1.30 bits per heavy atom. The van der Waals surface area contributed by atoms with Crippen molar-refractivity contribution in [1.29, 1.82) is 0 Å². The number of rotatable bonds is 5. The van der Waals surface area contributed by atoms with Gasteiger partial charge in [-0.15, -0.1) is 11.3 Å². The second-order valence-corrected chi connectivity index (χ2v) is 7.38. The number of carbonyl (C=O) groups is 2. The summed E-state index contributed by atoms with van der Waals surface area (Å²) < 4.78 is 0. The highest BCUT2D eigenvalue weighted by atomic mass is 32.1. The summed E-state index contributed by atoms with van der Waals surface area (Å²) in [7, 11) is 1.92. The number of nitrogens with zero attached hydrogens (tertiary/aromatic N) is 2. The van der Waals surface area contributed by atoms with Gasteiger partial charge in [-0.05, 0) is 43.3 Å². The molecule has 2 aliphatic rings. The van der Waals surface area contributed by atoms with Crippen molar-refractivity contribution in [2.45, 2.75) is 44.7 Å². The van der Waals surface area contributed by atoms with Gasteiger partial charge >= 0.3 is 0 Å². The van der Waals surface area contributed by atoms with E-state index in [1.165, 1.54) is 10.4 Å². The van der Waals surface area contributed by atoms with Crippen LogP contribution in [0.1, 0.15) is 36.1 Å². The molecular weight excluding hydrogens is 310 g/mol. The van der Waals surface area contributed by atoms with Gasteiger partial charge in [-0.1, -0.05) is 0 Å². The van der Waals surface area contributed by atoms with Crippen molar-refractivity contribution in [2.24, 2.45) is 0 Å². The summed E-state index contributed by atoms with van der Waals surface area (Å²) in [6, 6.07) is 2.41. The average molecular weight is 335 g/mol. The smallest absolute Gasteiger partial charge is 0.223 e. The Balaban J connectivity index is 1.48. The third-order valence-electron chi connectivity index (χ3n) is 4.85. The molecule has 3 rings (SSSR count). The Kier molecular flexibility index (Phi) is 5.33. The number of hydrogen-bond acceptors (Lipinski definition) is 4. The van der Waals surface area contributed by atoms with E-state index >= 15 is 0 Å². The Morgan fingerprint density at radius 3 is 2.96 bits per heavy atom. The molecule has 5 nitrogen and oxygen atoms in total. The maximum Gasteiger partial charge on any atom is 0.223 e. The summed E-state index contributed by atoms with van der Waals surface area (Å²) in [6.45, 7) is 3.17. The van der Waals surface area contributed by atoms with Crippen molar-refractivity contribution in [3.63, 3.8) is 0 Å². The lowest BCUT2D eigenvalue weighted by atomic mass is 10.1. The fourth-order valence-electron chi connectivity index (χ4n) is 3.59. The standard InChI is InChI=1S/C17H25N3O2S/c1-18-11-14-3-2-8-20(14)17(22)5-4-16(21)19-9-6-15-13(12-19)7-10-23-15/h7,10,14,18H,2-6,8-9,11-12H2,1H3. The predicted molar refractivity (Wildman–Crippen MR) is 91.3 cm³/mol. The molecule has 0 aromatic carbocycles. The molecule has 0 radical (unpaired) electrons. The van der Waals surface area contributed by atoms with Gasteiger partial charge in [0.25, 0.3) is 0 Å². The van der Waals surface area contributed by atoms with Crippen molar-refractivity contribution >= 4 is 23.2 Å². The van der Waals surface area contributed by atoms with Gasteiger partial charge < -0.3 is 15.1 Å². The summed E-state index contributed by atoms with van der Waals surface area (Å²) in [5.74, 6) is 0.240. The highest BCUT2D eigenvalue weighted by molar-refractivity contribution is 7.10. The van der Waals surface area contributed by atoms with Gasteiger partial charge in [-0.25, -0.2) is 0 Å². The average Bonchev–Trinajstić information content (AvgIpc) is 3.20. The summed E-state index contributed by atoms with van der Waals surface area (Å²) in [5, 5.41) is 5.24. The lowest BCUT2D eigenvalue weighted by Crippen LogP contribution is -2.41. The maximum atomic E-state index is 12.4. The third kappa shape index (κ3) is 3.75. The van der Waals surface area contributed by atoms with Gasteiger partial charge in [0.15, 0.2) is 0 Å². The van der Waals surface area contributed by atoms with Crippen LogP contribution in [0.5, 0.6) is 0 Å². The lowest BCUT2D eigenvalue weighted by molar-refractivity contribution is -0.137. The van der Waals surface area contributed by atoms with Crippen LogP contribution in [-0.4, -0.2) is 54.3 Å². The van der Waals surface area contributed by atoms with E-state index < -0.39 is 0 Å². The van der Waals surface area contributed by atoms with E-state index in [0.29, 0.717) is 25.4 Å². The summed E-state index contributed by atoms with van der Waals surface area (Å²) in [4.78, 5) is 30.1. The van der Waals surface area contributed by atoms with Gasteiger partial charge in [-0.2, -0.15) is 0 Å². The first-order valence-corrected chi connectivity index (χ1v) is 9.34. The molecule has 2 aliphatic heterocycles. The third-order valence-corrected chi connectivity index (χ3v) is 5.87. The molecule has 6 heteroatoms. The molecule has 1 fully saturated rings. The fraction of sp³-hybridized carbons (Fsp3) is 0.647. The molecule has 23 heavy (non-hydrogen) atoms. The quantitative estimate of drug-likeness (QED) is 0.890. The topological polar surface area (TPSA) is 52.7 Å². The lowest BCUT2D eigenvalue weighted by Gasteiger charge is -2.28. The second-order valence-electron chi connectivity index (χ2n) is 6.38. The first kappa shape index (κ1) is 16.5. The SMILES string of the molecule is CNCC1CCCN1C(=O)CCC(=O)N1CCc2sccc2C1. The number of hydrogen-bond donors (Lipinski definition) is 1. The van der Waals surface area contributed by atoms with E-state index in [9.17, 15) is 9.59 Å². The minimum atomic E-state index is 0.111. The van der Waals surface area contributed by atoms with E-state index in [-0.39, 0.29) is 11.8 Å². The van der Waals surface area contributed by atoms with E-state index in [1.54, 1.807) is 11.3 Å². The molecule has 1 aromatic heterocycles. The van der Waals surface area contributed by atoms with Gasteiger partial charge in [-0.3, -0.25) is 9.59 Å². The van der Waals surface area contributed by atoms with Crippen molar-refractivity contribution in [2.75, 3.05) is 26.7 Å². The van der Waals surface area contributed by atoms with Gasteiger partial charge in [0.2, 0.25) is 11.8 Å². The van der Waals surface area contributed by atoms with Crippen LogP contribution in [0.15, 0.2) is 11.4 Å². The predicted octanol–water partition coefficient (Wildman–Crippen LogP) is 1.62. The highest BCUT2D eigenvalue weighted by Gasteiger charge is 2.29. The number of likely N-dealkylation sites (N-methyl/N-ethyl adjacent to an activating group) is 1. The molecular formula is C17H25N3O2S. The maximum absolute atomic E-state index is 12.4. The van der Waals surface area contributed by atoms with Gasteiger partial charge in [0.1, 0.15) is 0 Å². The minimum Gasteiger partial charge on any atom is -0.338 e. The molecule has 0 spiro atoms. The van der Waals surface area contributed by atoms with Crippen molar-refractivity contribution in [3.05, 3.63) is 21.9 Å². The number of carbonyl (C=O) groups excluding carboxylic acids is 2. The molecule has 0 saturated carbocycles. The van der Waals surface area contributed by atoms with Crippen LogP contribution in [0.25, 0.3) is 0 Å². The first-order valence-electron chi connectivity index (χ1n) is 8.46. The van der Waals surface area contributed by atoms with E-state index in [0.717, 1.165) is 38.9 Å². The Hall–Kier alpha value is -1.40. The van der Waals surface area contributed by atoms with Crippen molar-refractivity contribution in [1.82, 2.24) is 15.1 Å². The van der Waals surface area contributed by atoms with E-state index in [2.05, 4.69) is 16.8 Å². The Bertz CT molecular complexity index is 572. The number of fused-ring (bicyclic) bond motifs is 1. The van der Waals surface area contributed by atoms with E-state index in [1.807, 2.05) is 16.8 Å². The van der Waals surface area contributed by atoms with Gasteiger partial charge in [0.05, 0.1) is 0 Å². The highest BCUT2D eigenvalue weighted by Crippen LogP contribution is 2.25. The fourth-order valence-corrected chi connectivity index (χ4v) is 4.48. The minimum absolute atomic E-state index is 0.111. The van der Waals surface area contributed by atoms with Crippen LogP contribution < -0.4 is 5.32 Å². The summed E-state index contributed by atoms with van der Waals surface area (Å²) >= 11 is 1.77. The van der Waals surface area contributed by atoms with Crippen LogP contribution in [0.4, 0.5) is 0 Å². The van der Waals surface area contributed by atoms with Crippen LogP contribution in [-0.2, 0) is 22.6 Å². The second kappa shape index (κ2) is 7.45. The van der Waals surface area contributed by atoms with Crippen LogP contribution >= 0.6 is 11.3 Å². The Labute approximate surface area is 141 Å². The van der Waals surface area contributed by atoms with Crippen LogP contribution in [0.2, 0.25) is 0 Å². The zero-order valence-corrected chi connectivity index (χ0v) is 14.5. The van der Waals surface area contributed by atoms with Gasteiger partial charge in [0, 0.05) is 49.9 Å². The molecule has 126 valence electrons. The first-order chi connectivity index (χ1) is 11.2. The zero-order valence-electron chi connectivity index (χ0n) is 13.7. The molecule has 1 unspecified atom stereocenters. The molecule has 0 bridgehead atoms. The summed E-state index contributed by atoms with van der Waals surface area (Å²) in [5.41, 5.74) is 1.27. The monoisotopic (exact) mass is 335 g/mol.